The fourth-order valence-corrected chi connectivity index (χ4v) is 0.993. The van der Waals surface area contributed by atoms with Crippen LogP contribution in [0, 0.1) is 0 Å². The average molecular weight is 130 g/mol. The molecule has 43 valence electrons. The molecular formula is C4H4NO2S. The summed E-state index contributed by atoms with van der Waals surface area (Å²) in [6.45, 7) is 0.451. The van der Waals surface area contributed by atoms with E-state index in [0.29, 0.717) is 6.54 Å². The zero-order valence-electron chi connectivity index (χ0n) is 4.03. The first-order valence-electron chi connectivity index (χ1n) is 2.11. The lowest BCUT2D eigenvalue weighted by atomic mass is 10.6. The normalized spacial score (nSPS) is 17.2. The highest BCUT2D eigenvalue weighted by atomic mass is 32.2. The maximum atomic E-state index is 9.96. The van der Waals surface area contributed by atoms with E-state index in [1.54, 1.807) is 11.5 Å². The number of carbonyl (C=O) groups is 1. The van der Waals surface area contributed by atoms with E-state index in [-0.39, 0.29) is 0 Å². The summed E-state index contributed by atoms with van der Waals surface area (Å²) in [6.07, 6.45) is 0.639. The van der Waals surface area contributed by atoms with Gasteiger partial charge in [-0.15, -0.1) is 0 Å². The molecule has 8 heavy (non-hydrogen) atoms. The SMILES string of the molecule is [O]C(=O)N1CC=CS1. The van der Waals surface area contributed by atoms with Gasteiger partial charge in [-0.2, -0.15) is 0 Å². The van der Waals surface area contributed by atoms with Crippen molar-refractivity contribution < 1.29 is 9.90 Å². The van der Waals surface area contributed by atoms with Crippen LogP contribution in [0.25, 0.3) is 0 Å². The summed E-state index contributed by atoms with van der Waals surface area (Å²) in [5.74, 6) is 0. The van der Waals surface area contributed by atoms with E-state index >= 15 is 0 Å². The molecule has 4 heteroatoms. The Bertz CT molecular complexity index is 126. The van der Waals surface area contributed by atoms with Crippen molar-refractivity contribution in [1.29, 1.82) is 0 Å². The molecule has 1 radical (unpaired) electrons. The highest BCUT2D eigenvalue weighted by Gasteiger charge is 2.14. The third-order valence-electron chi connectivity index (χ3n) is 0.759. The molecule has 0 saturated heterocycles. The van der Waals surface area contributed by atoms with Gasteiger partial charge in [-0.3, -0.25) is 0 Å². The highest BCUT2D eigenvalue weighted by Crippen LogP contribution is 2.17. The zero-order valence-corrected chi connectivity index (χ0v) is 4.85. The zero-order chi connectivity index (χ0) is 5.98. The quantitative estimate of drug-likeness (QED) is 0.459. The largest absolute Gasteiger partial charge is 0.463 e. The maximum absolute atomic E-state index is 9.96. The highest BCUT2D eigenvalue weighted by molar-refractivity contribution is 8.00. The van der Waals surface area contributed by atoms with Crippen molar-refractivity contribution in [3.8, 4) is 0 Å². The van der Waals surface area contributed by atoms with Crippen LogP contribution in [-0.4, -0.2) is 16.9 Å². The maximum Gasteiger partial charge on any atom is 0.463 e. The van der Waals surface area contributed by atoms with E-state index in [0.717, 1.165) is 16.3 Å². The van der Waals surface area contributed by atoms with E-state index in [4.69, 9.17) is 0 Å². The number of hydrogen-bond donors (Lipinski definition) is 0. The van der Waals surface area contributed by atoms with Crippen LogP contribution in [0.1, 0.15) is 0 Å². The van der Waals surface area contributed by atoms with Crippen molar-refractivity contribution in [2.45, 2.75) is 0 Å². The monoisotopic (exact) mass is 130 g/mol. The minimum Gasteiger partial charge on any atom is -0.241 e. The first-order chi connectivity index (χ1) is 3.80. The first kappa shape index (κ1) is 5.50. The van der Waals surface area contributed by atoms with Crippen molar-refractivity contribution >= 4 is 18.0 Å². The van der Waals surface area contributed by atoms with Gasteiger partial charge in [-0.05, 0) is 17.4 Å². The molecule has 1 amide bonds. The van der Waals surface area contributed by atoms with Gasteiger partial charge in [0.25, 0.3) is 0 Å². The van der Waals surface area contributed by atoms with Gasteiger partial charge in [0.05, 0.1) is 6.54 Å². The lowest BCUT2D eigenvalue weighted by molar-refractivity contribution is 0.152. The Hall–Kier alpha value is -0.640. The van der Waals surface area contributed by atoms with Crippen LogP contribution in [0.4, 0.5) is 4.79 Å². The molecule has 0 N–H and O–H groups in total. The van der Waals surface area contributed by atoms with Gasteiger partial charge in [0.15, 0.2) is 0 Å². The van der Waals surface area contributed by atoms with Crippen molar-refractivity contribution in [3.05, 3.63) is 11.5 Å². The number of carbonyl (C=O) groups excluding carboxylic acids is 1. The van der Waals surface area contributed by atoms with Gasteiger partial charge in [0, 0.05) is 0 Å². The Labute approximate surface area is 51.1 Å². The molecule has 0 aliphatic carbocycles. The summed E-state index contributed by atoms with van der Waals surface area (Å²) in [5.41, 5.74) is 0. The molecular weight excluding hydrogens is 126 g/mol. The van der Waals surface area contributed by atoms with Crippen molar-refractivity contribution in [1.82, 2.24) is 4.31 Å². The third-order valence-corrected chi connectivity index (χ3v) is 1.63. The fourth-order valence-electron chi connectivity index (χ4n) is 0.416. The van der Waals surface area contributed by atoms with Crippen molar-refractivity contribution in [3.63, 3.8) is 0 Å². The third kappa shape index (κ3) is 0.949. The summed E-state index contributed by atoms with van der Waals surface area (Å²) in [5, 5.41) is 11.7. The molecule has 1 aliphatic heterocycles. The summed E-state index contributed by atoms with van der Waals surface area (Å²) < 4.78 is 1.14. The molecule has 0 spiro atoms. The Morgan fingerprint density at radius 1 is 1.75 bits per heavy atom. The molecule has 0 fully saturated rings. The standard InChI is InChI=1S/C4H4NO2S/c6-4(7)5-2-1-3-8-5/h1,3H,2H2. The van der Waals surface area contributed by atoms with Gasteiger partial charge in [-0.1, -0.05) is 6.08 Å². The predicted molar refractivity (Wildman–Crippen MR) is 29.5 cm³/mol. The Kier molecular flexibility index (Phi) is 1.43. The molecule has 0 atom stereocenters. The second kappa shape index (κ2) is 2.09. The van der Waals surface area contributed by atoms with E-state index < -0.39 is 6.09 Å². The average Bonchev–Trinajstić information content (AvgIpc) is 2.12. The van der Waals surface area contributed by atoms with Crippen molar-refractivity contribution in [2.24, 2.45) is 0 Å². The van der Waals surface area contributed by atoms with Gasteiger partial charge in [0.2, 0.25) is 0 Å². The Balaban J connectivity index is 2.41. The lowest BCUT2D eigenvalue weighted by Gasteiger charge is -2.03. The molecule has 0 bridgehead atoms. The van der Waals surface area contributed by atoms with E-state index in [9.17, 15) is 9.90 Å². The number of nitrogens with zero attached hydrogens (tertiary/aromatic N) is 1. The molecule has 0 saturated carbocycles. The molecule has 0 aromatic rings. The van der Waals surface area contributed by atoms with Crippen LogP contribution < -0.4 is 0 Å². The first-order valence-corrected chi connectivity index (χ1v) is 2.94. The minimum absolute atomic E-state index is 0.451. The van der Waals surface area contributed by atoms with Gasteiger partial charge >= 0.3 is 6.09 Å². The number of rotatable bonds is 0. The van der Waals surface area contributed by atoms with Gasteiger partial charge < -0.3 is 0 Å². The molecule has 0 aromatic heterocycles. The number of hydrogen-bond acceptors (Lipinski definition) is 2. The number of amides is 1. The fraction of sp³-hybridized carbons (Fsp3) is 0.250. The summed E-state index contributed by atoms with van der Waals surface area (Å²) in [7, 11) is 0. The topological polar surface area (TPSA) is 40.2 Å². The second-order valence-corrected chi connectivity index (χ2v) is 2.23. The van der Waals surface area contributed by atoms with Crippen LogP contribution in [-0.2, 0) is 5.11 Å². The van der Waals surface area contributed by atoms with Crippen LogP contribution in [0.2, 0.25) is 0 Å². The smallest absolute Gasteiger partial charge is 0.241 e. The Morgan fingerprint density at radius 3 is 2.75 bits per heavy atom. The summed E-state index contributed by atoms with van der Waals surface area (Å²) in [6, 6.07) is 0. The molecule has 3 nitrogen and oxygen atoms in total. The van der Waals surface area contributed by atoms with Crippen LogP contribution in [0.3, 0.4) is 0 Å². The van der Waals surface area contributed by atoms with Crippen LogP contribution >= 0.6 is 11.9 Å². The Morgan fingerprint density at radius 2 is 2.50 bits per heavy atom. The summed E-state index contributed by atoms with van der Waals surface area (Å²) in [4.78, 5) is 9.96. The van der Waals surface area contributed by atoms with Gasteiger partial charge in [-0.25, -0.2) is 14.2 Å². The lowest BCUT2D eigenvalue weighted by Crippen LogP contribution is -2.17. The second-order valence-electron chi connectivity index (χ2n) is 1.30. The van der Waals surface area contributed by atoms with Crippen LogP contribution in [0.5, 0.6) is 0 Å². The predicted octanol–water partition coefficient (Wildman–Crippen LogP) is 1.01. The van der Waals surface area contributed by atoms with E-state index in [1.807, 2.05) is 0 Å². The molecule has 0 aromatic carbocycles. The van der Waals surface area contributed by atoms with Crippen LogP contribution in [0.15, 0.2) is 11.5 Å². The van der Waals surface area contributed by atoms with Gasteiger partial charge in [0.1, 0.15) is 0 Å². The summed E-state index contributed by atoms with van der Waals surface area (Å²) >= 11 is 1.14. The minimum atomic E-state index is -1.13. The van der Waals surface area contributed by atoms with E-state index in [2.05, 4.69) is 0 Å². The molecule has 1 rings (SSSR count). The molecule has 1 aliphatic rings. The molecule has 0 unspecified atom stereocenters. The van der Waals surface area contributed by atoms with Crippen molar-refractivity contribution in [2.75, 3.05) is 6.54 Å². The molecule has 1 heterocycles. The van der Waals surface area contributed by atoms with E-state index in [1.165, 1.54) is 0 Å².